The fraction of sp³-hybridized carbons (Fsp3) is 0.286. The number of hydrogen-bond donors (Lipinski definition) is 3. The second kappa shape index (κ2) is 7.92. The molecule has 164 valence electrons. The Hall–Kier alpha value is -3.01. The summed E-state index contributed by atoms with van der Waals surface area (Å²) >= 11 is 1.29. The van der Waals surface area contributed by atoms with E-state index in [0.717, 1.165) is 16.9 Å². The quantitative estimate of drug-likeness (QED) is 0.602. The van der Waals surface area contributed by atoms with E-state index in [0.29, 0.717) is 33.6 Å². The van der Waals surface area contributed by atoms with Gasteiger partial charge in [0, 0.05) is 4.90 Å². The van der Waals surface area contributed by atoms with Crippen LogP contribution in [0.3, 0.4) is 0 Å². The number of fused-ring (bicyclic) bond motifs is 4. The van der Waals surface area contributed by atoms with Gasteiger partial charge in [-0.2, -0.15) is 5.12 Å². The number of alkyl halides is 3. The summed E-state index contributed by atoms with van der Waals surface area (Å²) in [6.07, 6.45) is -3.76. The summed E-state index contributed by atoms with van der Waals surface area (Å²) in [7, 11) is 0. The second-order valence-electron chi connectivity index (χ2n) is 7.38. The predicted octanol–water partition coefficient (Wildman–Crippen LogP) is 4.90. The van der Waals surface area contributed by atoms with Crippen LogP contribution in [-0.4, -0.2) is 12.3 Å². The number of amides is 1. The van der Waals surface area contributed by atoms with Crippen molar-refractivity contribution in [3.63, 3.8) is 0 Å². The van der Waals surface area contributed by atoms with Crippen molar-refractivity contribution in [3.05, 3.63) is 63.9 Å². The van der Waals surface area contributed by atoms with E-state index >= 15 is 0 Å². The molecule has 0 saturated heterocycles. The third kappa shape index (κ3) is 4.39. The SMILES string of the molecule is CCC(C)c1ccc2c(c1)N1NC(=C(Sc3ccc(OC(F)(F)F)cc3C)N1)NC2=O. The maximum atomic E-state index is 12.7. The molecule has 1 amide bonds. The van der Waals surface area contributed by atoms with Crippen molar-refractivity contribution in [1.82, 2.24) is 16.2 Å². The lowest BCUT2D eigenvalue weighted by molar-refractivity contribution is -0.274. The monoisotopic (exact) mass is 450 g/mol. The molecule has 0 aromatic heterocycles. The molecule has 1 atom stereocenters. The highest BCUT2D eigenvalue weighted by Gasteiger charge is 2.33. The summed E-state index contributed by atoms with van der Waals surface area (Å²) in [5, 5.41) is 5.15. The number of hydrogen-bond acceptors (Lipinski definition) is 6. The lowest BCUT2D eigenvalue weighted by Crippen LogP contribution is -2.40. The van der Waals surface area contributed by atoms with Gasteiger partial charge in [0.15, 0.2) is 5.82 Å². The average Bonchev–Trinajstić information content (AvgIpc) is 3.03. The van der Waals surface area contributed by atoms with Gasteiger partial charge in [-0.25, -0.2) is 0 Å². The number of nitrogens with zero attached hydrogens (tertiary/aromatic N) is 1. The molecule has 2 heterocycles. The Labute approximate surface area is 181 Å². The molecule has 10 heteroatoms. The molecule has 0 saturated carbocycles. The van der Waals surface area contributed by atoms with Crippen LogP contribution >= 0.6 is 11.8 Å². The maximum Gasteiger partial charge on any atom is 0.573 e. The minimum Gasteiger partial charge on any atom is -0.406 e. The minimum atomic E-state index is -4.74. The standard InChI is InChI=1S/C21H21F3N4O2S/c1-4-11(2)13-5-7-15-16(10-13)28-26-18(25-19(15)29)20(27-28)31-17-8-6-14(9-12(17)3)30-21(22,23)24/h5-11,26-27H,4H2,1-3H3,(H,25,29). The molecule has 0 spiro atoms. The van der Waals surface area contributed by atoms with Crippen LogP contribution in [0.25, 0.3) is 0 Å². The lowest BCUT2D eigenvalue weighted by atomic mass is 9.96. The molecule has 2 aliphatic rings. The first-order valence-electron chi connectivity index (χ1n) is 9.72. The molecule has 0 fully saturated rings. The number of carbonyl (C=O) groups is 1. The van der Waals surface area contributed by atoms with Crippen LogP contribution < -0.4 is 26.0 Å². The number of halogens is 3. The first-order valence-corrected chi connectivity index (χ1v) is 10.5. The molecule has 4 rings (SSSR count). The highest BCUT2D eigenvalue weighted by Crippen LogP contribution is 2.37. The van der Waals surface area contributed by atoms with Crippen molar-refractivity contribution >= 4 is 23.4 Å². The van der Waals surface area contributed by atoms with Crippen LogP contribution in [0.15, 0.2) is 52.1 Å². The summed E-state index contributed by atoms with van der Waals surface area (Å²) < 4.78 is 41.3. The molecular formula is C21H21F3N4O2S. The number of anilines is 1. The van der Waals surface area contributed by atoms with E-state index in [4.69, 9.17) is 0 Å². The number of rotatable bonds is 5. The number of nitrogens with one attached hydrogen (secondary N) is 3. The van der Waals surface area contributed by atoms with Crippen LogP contribution in [0.4, 0.5) is 18.9 Å². The summed E-state index contributed by atoms with van der Waals surface area (Å²) in [5.41, 5.74) is 9.33. The molecule has 2 bridgehead atoms. The Morgan fingerprint density at radius 2 is 1.94 bits per heavy atom. The van der Waals surface area contributed by atoms with Gasteiger partial charge in [-0.15, -0.1) is 13.2 Å². The average molecular weight is 450 g/mol. The third-order valence-corrected chi connectivity index (χ3v) is 6.36. The van der Waals surface area contributed by atoms with Crippen molar-refractivity contribution in [2.75, 3.05) is 5.12 Å². The minimum absolute atomic E-state index is 0.235. The van der Waals surface area contributed by atoms with E-state index in [-0.39, 0.29) is 11.7 Å². The molecule has 2 aromatic rings. The Kier molecular flexibility index (Phi) is 5.42. The number of ether oxygens (including phenoxy) is 1. The fourth-order valence-electron chi connectivity index (χ4n) is 3.32. The van der Waals surface area contributed by atoms with Crippen LogP contribution in [-0.2, 0) is 0 Å². The van der Waals surface area contributed by atoms with Gasteiger partial charge in [-0.1, -0.05) is 31.7 Å². The van der Waals surface area contributed by atoms with Gasteiger partial charge in [-0.3, -0.25) is 15.6 Å². The largest absolute Gasteiger partial charge is 0.573 e. The van der Waals surface area contributed by atoms with Gasteiger partial charge in [0.2, 0.25) is 0 Å². The highest BCUT2D eigenvalue weighted by atomic mass is 32.2. The van der Waals surface area contributed by atoms with E-state index in [1.54, 1.807) is 18.1 Å². The molecule has 1 unspecified atom stereocenters. The van der Waals surface area contributed by atoms with E-state index in [1.165, 1.54) is 23.9 Å². The Bertz CT molecular complexity index is 1070. The number of aryl methyl sites for hydroxylation is 1. The van der Waals surface area contributed by atoms with Crippen molar-refractivity contribution in [1.29, 1.82) is 0 Å². The number of benzene rings is 2. The van der Waals surface area contributed by atoms with Crippen LogP contribution in [0.5, 0.6) is 5.75 Å². The van der Waals surface area contributed by atoms with E-state index in [1.807, 2.05) is 18.2 Å². The maximum absolute atomic E-state index is 12.7. The third-order valence-electron chi connectivity index (χ3n) is 5.18. The van der Waals surface area contributed by atoms with E-state index in [9.17, 15) is 18.0 Å². The van der Waals surface area contributed by atoms with Crippen molar-refractivity contribution in [2.45, 2.75) is 44.4 Å². The number of thioether (sulfide) groups is 1. The van der Waals surface area contributed by atoms with E-state index in [2.05, 4.69) is 34.8 Å². The van der Waals surface area contributed by atoms with Crippen LogP contribution in [0.2, 0.25) is 0 Å². The normalized spacial score (nSPS) is 16.2. The zero-order valence-corrected chi connectivity index (χ0v) is 17.9. The summed E-state index contributed by atoms with van der Waals surface area (Å²) in [5.74, 6) is 0.316. The van der Waals surface area contributed by atoms with Gasteiger partial charge in [0.25, 0.3) is 5.91 Å². The van der Waals surface area contributed by atoms with Gasteiger partial charge in [0.1, 0.15) is 10.8 Å². The first kappa shape index (κ1) is 21.2. The number of carbonyl (C=O) groups excluding carboxylic acids is 1. The second-order valence-corrected chi connectivity index (χ2v) is 8.43. The van der Waals surface area contributed by atoms with Gasteiger partial charge >= 0.3 is 6.36 Å². The predicted molar refractivity (Wildman–Crippen MR) is 112 cm³/mol. The van der Waals surface area contributed by atoms with Crippen LogP contribution in [0, 0.1) is 6.92 Å². The van der Waals surface area contributed by atoms with Crippen molar-refractivity contribution < 1.29 is 22.7 Å². The Balaban J connectivity index is 1.58. The molecule has 0 aliphatic carbocycles. The molecule has 0 radical (unpaired) electrons. The smallest absolute Gasteiger partial charge is 0.406 e. The van der Waals surface area contributed by atoms with Crippen LogP contribution in [0.1, 0.15) is 47.7 Å². The van der Waals surface area contributed by atoms with Gasteiger partial charge < -0.3 is 10.1 Å². The van der Waals surface area contributed by atoms with Gasteiger partial charge in [-0.05, 0) is 60.7 Å². The summed E-state index contributed by atoms with van der Waals surface area (Å²) in [6, 6.07) is 9.90. The fourth-order valence-corrected chi connectivity index (χ4v) is 4.23. The molecular weight excluding hydrogens is 429 g/mol. The molecule has 3 N–H and O–H groups in total. The molecule has 2 aliphatic heterocycles. The summed E-state index contributed by atoms with van der Waals surface area (Å²) in [6.45, 7) is 5.94. The van der Waals surface area contributed by atoms with E-state index < -0.39 is 6.36 Å². The lowest BCUT2D eigenvalue weighted by Gasteiger charge is -2.22. The first-order chi connectivity index (χ1) is 14.6. The van der Waals surface area contributed by atoms with Gasteiger partial charge in [0.05, 0.1) is 11.3 Å². The topological polar surface area (TPSA) is 65.6 Å². The molecule has 6 nitrogen and oxygen atoms in total. The van der Waals surface area contributed by atoms with Crippen molar-refractivity contribution in [2.24, 2.45) is 0 Å². The zero-order chi connectivity index (χ0) is 22.3. The zero-order valence-electron chi connectivity index (χ0n) is 17.1. The van der Waals surface area contributed by atoms with Crippen molar-refractivity contribution in [3.8, 4) is 5.75 Å². The Morgan fingerprint density at radius 3 is 2.61 bits per heavy atom. The summed E-state index contributed by atoms with van der Waals surface area (Å²) in [4.78, 5) is 13.4. The number of hydrazine groups is 2. The highest BCUT2D eigenvalue weighted by molar-refractivity contribution is 8.03. The molecule has 2 aromatic carbocycles. The molecule has 31 heavy (non-hydrogen) atoms. The Morgan fingerprint density at radius 1 is 1.16 bits per heavy atom.